The van der Waals surface area contributed by atoms with Crippen molar-refractivity contribution in [1.29, 1.82) is 0 Å². The maximum absolute atomic E-state index is 11.7. The highest BCUT2D eigenvalue weighted by Crippen LogP contribution is 2.22. The Hall–Kier alpha value is -2.67. The SMILES string of the molecule is NCCc1ccccc1-c1nc2[nH]c(=O)[nH]c(=O)c2[nH]1. The summed E-state index contributed by atoms with van der Waals surface area (Å²) < 4.78 is 0. The maximum Gasteiger partial charge on any atom is 0.327 e. The summed E-state index contributed by atoms with van der Waals surface area (Å²) in [5, 5.41) is 0. The van der Waals surface area contributed by atoms with E-state index in [1.54, 1.807) is 0 Å². The topological polar surface area (TPSA) is 120 Å². The van der Waals surface area contributed by atoms with E-state index in [1.165, 1.54) is 0 Å². The van der Waals surface area contributed by atoms with Crippen LogP contribution in [0.25, 0.3) is 22.6 Å². The average molecular weight is 271 g/mol. The lowest BCUT2D eigenvalue weighted by atomic mass is 10.0. The van der Waals surface area contributed by atoms with Crippen LogP contribution in [-0.4, -0.2) is 26.5 Å². The first-order valence-corrected chi connectivity index (χ1v) is 6.19. The van der Waals surface area contributed by atoms with Crippen molar-refractivity contribution in [3.05, 3.63) is 50.7 Å². The van der Waals surface area contributed by atoms with Gasteiger partial charge in [0.15, 0.2) is 5.65 Å². The molecule has 3 aromatic rings. The molecule has 0 aliphatic carbocycles. The largest absolute Gasteiger partial charge is 0.332 e. The van der Waals surface area contributed by atoms with E-state index in [-0.39, 0.29) is 11.2 Å². The molecule has 0 bridgehead atoms. The van der Waals surface area contributed by atoms with Gasteiger partial charge in [-0.3, -0.25) is 14.8 Å². The van der Waals surface area contributed by atoms with Crippen LogP contribution in [0, 0.1) is 0 Å². The number of aromatic amines is 3. The van der Waals surface area contributed by atoms with Gasteiger partial charge in [-0.15, -0.1) is 0 Å². The highest BCUT2D eigenvalue weighted by molar-refractivity contribution is 5.75. The zero-order chi connectivity index (χ0) is 14.1. The number of nitrogens with zero attached hydrogens (tertiary/aromatic N) is 1. The molecule has 3 rings (SSSR count). The Kier molecular flexibility index (Phi) is 2.96. The molecule has 0 aliphatic rings. The zero-order valence-electron chi connectivity index (χ0n) is 10.6. The van der Waals surface area contributed by atoms with Crippen LogP contribution < -0.4 is 17.0 Å². The van der Waals surface area contributed by atoms with Crippen LogP contribution in [0.1, 0.15) is 5.56 Å². The first-order valence-electron chi connectivity index (χ1n) is 6.19. The fourth-order valence-electron chi connectivity index (χ4n) is 2.18. The second-order valence-electron chi connectivity index (χ2n) is 4.41. The van der Waals surface area contributed by atoms with Crippen LogP contribution in [0.2, 0.25) is 0 Å². The molecule has 0 saturated heterocycles. The summed E-state index contributed by atoms with van der Waals surface area (Å²) in [6, 6.07) is 7.67. The number of nitrogens with two attached hydrogens (primary N) is 1. The molecule has 7 heteroatoms. The molecule has 1 aromatic carbocycles. The lowest BCUT2D eigenvalue weighted by molar-refractivity contribution is 0.968. The number of H-pyrrole nitrogens is 3. The van der Waals surface area contributed by atoms with E-state index in [4.69, 9.17) is 5.73 Å². The summed E-state index contributed by atoms with van der Waals surface area (Å²) in [5.74, 6) is 0.538. The van der Waals surface area contributed by atoms with Gasteiger partial charge in [0, 0.05) is 5.56 Å². The van der Waals surface area contributed by atoms with Gasteiger partial charge in [0.2, 0.25) is 0 Å². The van der Waals surface area contributed by atoms with Gasteiger partial charge in [-0.25, -0.2) is 9.78 Å². The molecule has 2 aromatic heterocycles. The third-order valence-electron chi connectivity index (χ3n) is 3.08. The van der Waals surface area contributed by atoms with E-state index in [1.807, 2.05) is 24.3 Å². The number of aromatic nitrogens is 4. The molecule has 0 atom stereocenters. The van der Waals surface area contributed by atoms with Crippen molar-refractivity contribution in [3.63, 3.8) is 0 Å². The van der Waals surface area contributed by atoms with Crippen LogP contribution in [-0.2, 0) is 6.42 Å². The molecule has 0 unspecified atom stereocenters. The Bertz CT molecular complexity index is 874. The van der Waals surface area contributed by atoms with Crippen molar-refractivity contribution in [2.45, 2.75) is 6.42 Å². The number of hydrogen-bond donors (Lipinski definition) is 4. The number of imidazole rings is 1. The minimum atomic E-state index is -0.573. The highest BCUT2D eigenvalue weighted by atomic mass is 16.2. The monoisotopic (exact) mass is 271 g/mol. The molecule has 102 valence electrons. The first-order chi connectivity index (χ1) is 9.69. The molecule has 0 radical (unpaired) electrons. The van der Waals surface area contributed by atoms with Crippen molar-refractivity contribution in [2.24, 2.45) is 5.73 Å². The van der Waals surface area contributed by atoms with Gasteiger partial charge in [-0.1, -0.05) is 24.3 Å². The third kappa shape index (κ3) is 2.04. The molecule has 0 amide bonds. The maximum atomic E-state index is 11.7. The number of rotatable bonds is 3. The van der Waals surface area contributed by atoms with E-state index in [9.17, 15) is 9.59 Å². The fraction of sp³-hybridized carbons (Fsp3) is 0.154. The lowest BCUT2D eigenvalue weighted by Crippen LogP contribution is -2.21. The Labute approximate surface area is 112 Å². The Morgan fingerprint density at radius 3 is 2.70 bits per heavy atom. The average Bonchev–Trinajstić information content (AvgIpc) is 2.83. The molecular weight excluding hydrogens is 258 g/mol. The van der Waals surface area contributed by atoms with E-state index in [0.29, 0.717) is 18.8 Å². The highest BCUT2D eigenvalue weighted by Gasteiger charge is 2.11. The molecule has 0 aliphatic heterocycles. The quantitative estimate of drug-likeness (QED) is 0.540. The number of nitrogens with one attached hydrogen (secondary N) is 3. The minimum Gasteiger partial charge on any atom is -0.332 e. The van der Waals surface area contributed by atoms with Crippen LogP contribution in [0.15, 0.2) is 33.9 Å². The van der Waals surface area contributed by atoms with E-state index >= 15 is 0 Å². The van der Waals surface area contributed by atoms with Crippen LogP contribution >= 0.6 is 0 Å². The molecule has 0 spiro atoms. The van der Waals surface area contributed by atoms with Crippen molar-refractivity contribution < 1.29 is 0 Å². The number of benzene rings is 1. The van der Waals surface area contributed by atoms with Gasteiger partial charge in [-0.05, 0) is 18.5 Å². The lowest BCUT2D eigenvalue weighted by Gasteiger charge is -2.05. The minimum absolute atomic E-state index is 0.247. The fourth-order valence-corrected chi connectivity index (χ4v) is 2.18. The van der Waals surface area contributed by atoms with Gasteiger partial charge in [0.05, 0.1) is 0 Å². The van der Waals surface area contributed by atoms with Crippen molar-refractivity contribution >= 4 is 11.2 Å². The summed E-state index contributed by atoms with van der Waals surface area (Å²) in [6.07, 6.45) is 0.708. The van der Waals surface area contributed by atoms with Gasteiger partial charge >= 0.3 is 5.69 Å². The summed E-state index contributed by atoms with van der Waals surface area (Å²) in [7, 11) is 0. The Morgan fingerprint density at radius 2 is 1.90 bits per heavy atom. The second-order valence-corrected chi connectivity index (χ2v) is 4.41. The predicted octanol–water partition coefficient (Wildman–Crippen LogP) is 0.108. The van der Waals surface area contributed by atoms with Gasteiger partial charge in [-0.2, -0.15) is 0 Å². The van der Waals surface area contributed by atoms with Crippen LogP contribution in [0.4, 0.5) is 0 Å². The van der Waals surface area contributed by atoms with E-state index < -0.39 is 11.2 Å². The molecule has 0 fully saturated rings. The first kappa shape index (κ1) is 12.4. The standard InChI is InChI=1S/C13H13N5O2/c14-6-5-7-3-1-2-4-8(7)10-15-9-11(16-10)17-13(20)18-12(9)19/h1-4H,5-6,14H2,(H3,15,16,17,18,19,20). The van der Waals surface area contributed by atoms with Crippen molar-refractivity contribution in [2.75, 3.05) is 6.54 Å². The zero-order valence-corrected chi connectivity index (χ0v) is 10.6. The third-order valence-corrected chi connectivity index (χ3v) is 3.08. The second kappa shape index (κ2) is 4.78. The Morgan fingerprint density at radius 1 is 1.10 bits per heavy atom. The predicted molar refractivity (Wildman–Crippen MR) is 75.5 cm³/mol. The summed E-state index contributed by atoms with van der Waals surface area (Å²) >= 11 is 0. The molecule has 2 heterocycles. The molecular formula is C13H13N5O2. The smallest absolute Gasteiger partial charge is 0.327 e. The van der Waals surface area contributed by atoms with Gasteiger partial charge in [0.25, 0.3) is 5.56 Å². The number of hydrogen-bond acceptors (Lipinski definition) is 4. The van der Waals surface area contributed by atoms with Crippen LogP contribution in [0.3, 0.4) is 0 Å². The van der Waals surface area contributed by atoms with Gasteiger partial charge < -0.3 is 10.7 Å². The van der Waals surface area contributed by atoms with Crippen molar-refractivity contribution in [1.82, 2.24) is 19.9 Å². The summed E-state index contributed by atoms with van der Waals surface area (Å²) in [5.41, 5.74) is 6.94. The number of fused-ring (bicyclic) bond motifs is 1. The Balaban J connectivity index is 2.23. The molecule has 0 saturated carbocycles. The molecule has 20 heavy (non-hydrogen) atoms. The van der Waals surface area contributed by atoms with Gasteiger partial charge in [0.1, 0.15) is 11.3 Å². The molecule has 5 N–H and O–H groups in total. The van der Waals surface area contributed by atoms with E-state index in [2.05, 4.69) is 19.9 Å². The van der Waals surface area contributed by atoms with E-state index in [0.717, 1.165) is 11.1 Å². The summed E-state index contributed by atoms with van der Waals surface area (Å²) in [6.45, 7) is 0.522. The van der Waals surface area contributed by atoms with Crippen LogP contribution in [0.5, 0.6) is 0 Å². The molecule has 7 nitrogen and oxygen atoms in total. The summed E-state index contributed by atoms with van der Waals surface area (Å²) in [4.78, 5) is 34.8. The normalized spacial score (nSPS) is 11.1. The van der Waals surface area contributed by atoms with Crippen molar-refractivity contribution in [3.8, 4) is 11.4 Å².